The predicted octanol–water partition coefficient (Wildman–Crippen LogP) is 3.18. The average Bonchev–Trinajstić information content (AvgIpc) is 3.19. The number of fused-ring (bicyclic) bond motifs is 1. The van der Waals surface area contributed by atoms with Crippen molar-refractivity contribution in [2.24, 2.45) is 0 Å². The molecule has 0 radical (unpaired) electrons. The molecule has 2 fully saturated rings. The summed E-state index contributed by atoms with van der Waals surface area (Å²) in [5, 5.41) is 10.5. The number of rotatable bonds is 4. The van der Waals surface area contributed by atoms with Gasteiger partial charge < -0.3 is 14.9 Å². The molecule has 5 rings (SSSR count). The molecule has 2 atom stereocenters. The van der Waals surface area contributed by atoms with Crippen LogP contribution in [0.25, 0.3) is 5.65 Å². The Labute approximate surface area is 190 Å². The summed E-state index contributed by atoms with van der Waals surface area (Å²) in [6, 6.07) is 10.9. The number of piperidine rings is 1. The molecule has 3 aromatic rings. The third kappa shape index (κ3) is 3.68. The van der Waals surface area contributed by atoms with Crippen molar-refractivity contribution in [3.63, 3.8) is 0 Å². The van der Waals surface area contributed by atoms with E-state index in [0.717, 1.165) is 74.0 Å². The molecule has 32 heavy (non-hydrogen) atoms. The number of likely N-dealkylation sites (tertiary alicyclic amines) is 1. The van der Waals surface area contributed by atoms with Crippen LogP contribution < -0.4 is 4.90 Å². The standard InChI is InChI=1S/C25H34N6O/c1-18-7-6-12-26-24(18)19-8-4-9-20(29(19)3)25-21(17-32)31-22(27-25)10-5-11-23(31)30-15-13-28(2)14-16-30/h5-7,10-12,19-20,32H,4,8-9,13-17H2,1-3H3/t19-,20+/m1/s1. The van der Waals surface area contributed by atoms with Gasteiger partial charge in [0.05, 0.1) is 35.8 Å². The van der Waals surface area contributed by atoms with E-state index in [1.54, 1.807) is 0 Å². The fourth-order valence-electron chi connectivity index (χ4n) is 5.49. The molecule has 0 aliphatic carbocycles. The zero-order valence-electron chi connectivity index (χ0n) is 19.4. The number of likely N-dealkylation sites (N-methyl/N-ethyl adjacent to an activating group) is 1. The second-order valence-electron chi connectivity index (χ2n) is 9.30. The molecule has 0 spiro atoms. The van der Waals surface area contributed by atoms with Crippen molar-refractivity contribution >= 4 is 11.5 Å². The number of anilines is 1. The summed E-state index contributed by atoms with van der Waals surface area (Å²) in [6.07, 6.45) is 5.16. The molecule has 7 heteroatoms. The number of aryl methyl sites for hydroxylation is 1. The third-order valence-corrected chi connectivity index (χ3v) is 7.35. The van der Waals surface area contributed by atoms with Crippen LogP contribution in [0.5, 0.6) is 0 Å². The van der Waals surface area contributed by atoms with Crippen LogP contribution in [0.1, 0.15) is 54.0 Å². The molecule has 0 bridgehead atoms. The Balaban J connectivity index is 1.54. The first-order chi connectivity index (χ1) is 15.6. The van der Waals surface area contributed by atoms with Crippen molar-refractivity contribution < 1.29 is 5.11 Å². The molecule has 0 aromatic carbocycles. The van der Waals surface area contributed by atoms with E-state index in [2.05, 4.69) is 64.4 Å². The van der Waals surface area contributed by atoms with Gasteiger partial charge in [-0.05, 0) is 64.0 Å². The zero-order chi connectivity index (χ0) is 22.2. The topological polar surface area (TPSA) is 60.1 Å². The largest absolute Gasteiger partial charge is 0.390 e. The van der Waals surface area contributed by atoms with Crippen LogP contribution in [0, 0.1) is 6.92 Å². The zero-order valence-corrected chi connectivity index (χ0v) is 19.4. The number of nitrogens with zero attached hydrogens (tertiary/aromatic N) is 6. The number of hydrogen-bond donors (Lipinski definition) is 1. The van der Waals surface area contributed by atoms with E-state index in [9.17, 15) is 5.11 Å². The van der Waals surface area contributed by atoms with Crippen LogP contribution in [0.2, 0.25) is 0 Å². The molecular formula is C25H34N6O. The summed E-state index contributed by atoms with van der Waals surface area (Å²) in [4.78, 5) is 17.0. The maximum absolute atomic E-state index is 10.5. The number of aromatic nitrogens is 3. The number of aliphatic hydroxyl groups excluding tert-OH is 1. The monoisotopic (exact) mass is 434 g/mol. The van der Waals surface area contributed by atoms with Gasteiger partial charge in [-0.1, -0.05) is 12.1 Å². The minimum Gasteiger partial charge on any atom is -0.390 e. The second-order valence-corrected chi connectivity index (χ2v) is 9.30. The predicted molar refractivity (Wildman–Crippen MR) is 127 cm³/mol. The Hall–Kier alpha value is -2.48. The van der Waals surface area contributed by atoms with E-state index in [1.807, 2.05) is 12.3 Å². The number of imidazole rings is 1. The van der Waals surface area contributed by atoms with Gasteiger partial charge in [-0.15, -0.1) is 0 Å². The molecule has 5 heterocycles. The van der Waals surface area contributed by atoms with E-state index < -0.39 is 0 Å². The number of pyridine rings is 2. The highest BCUT2D eigenvalue weighted by Gasteiger charge is 2.34. The van der Waals surface area contributed by atoms with Crippen molar-refractivity contribution in [2.45, 2.75) is 44.9 Å². The molecule has 3 aromatic heterocycles. The fraction of sp³-hybridized carbons (Fsp3) is 0.520. The molecule has 7 nitrogen and oxygen atoms in total. The highest BCUT2D eigenvalue weighted by molar-refractivity contribution is 5.55. The summed E-state index contributed by atoms with van der Waals surface area (Å²) in [7, 11) is 4.36. The molecule has 1 N–H and O–H groups in total. The van der Waals surface area contributed by atoms with Gasteiger partial charge in [0, 0.05) is 32.4 Å². The average molecular weight is 435 g/mol. The van der Waals surface area contributed by atoms with E-state index in [-0.39, 0.29) is 18.7 Å². The van der Waals surface area contributed by atoms with Gasteiger partial charge in [-0.3, -0.25) is 14.3 Å². The SMILES string of the molecule is Cc1cccnc1[C@H]1CCC[C@@H](c2nc3cccc(N4CCN(C)CC4)n3c2CO)N1C. The summed E-state index contributed by atoms with van der Waals surface area (Å²) >= 11 is 0. The molecule has 2 aliphatic rings. The molecule has 170 valence electrons. The van der Waals surface area contributed by atoms with Crippen molar-refractivity contribution in [2.75, 3.05) is 45.2 Å². The van der Waals surface area contributed by atoms with Crippen LogP contribution in [0.3, 0.4) is 0 Å². The third-order valence-electron chi connectivity index (χ3n) is 7.35. The fourth-order valence-corrected chi connectivity index (χ4v) is 5.49. The minimum atomic E-state index is -0.0150. The lowest BCUT2D eigenvalue weighted by atomic mass is 9.90. The minimum absolute atomic E-state index is 0.0150. The Morgan fingerprint density at radius 1 is 0.969 bits per heavy atom. The Bertz CT molecular complexity index is 1090. The Morgan fingerprint density at radius 2 is 1.72 bits per heavy atom. The van der Waals surface area contributed by atoms with Crippen molar-refractivity contribution in [1.29, 1.82) is 0 Å². The normalized spacial score (nSPS) is 23.2. The molecule has 0 unspecified atom stereocenters. The summed E-state index contributed by atoms with van der Waals surface area (Å²) in [5.41, 5.74) is 5.25. The lowest BCUT2D eigenvalue weighted by Crippen LogP contribution is -2.45. The van der Waals surface area contributed by atoms with Gasteiger partial charge in [-0.25, -0.2) is 4.98 Å². The number of hydrogen-bond acceptors (Lipinski definition) is 6. The van der Waals surface area contributed by atoms with Gasteiger partial charge in [-0.2, -0.15) is 0 Å². The van der Waals surface area contributed by atoms with Gasteiger partial charge in [0.15, 0.2) is 0 Å². The molecule has 2 aliphatic heterocycles. The van der Waals surface area contributed by atoms with Crippen LogP contribution in [0.4, 0.5) is 5.82 Å². The molecule has 0 amide bonds. The molecular weight excluding hydrogens is 400 g/mol. The Morgan fingerprint density at radius 3 is 2.44 bits per heavy atom. The van der Waals surface area contributed by atoms with Crippen molar-refractivity contribution in [3.05, 3.63) is 59.2 Å². The van der Waals surface area contributed by atoms with E-state index in [4.69, 9.17) is 9.97 Å². The molecule has 0 saturated carbocycles. The number of aliphatic hydroxyl groups is 1. The van der Waals surface area contributed by atoms with E-state index in [0.29, 0.717) is 0 Å². The first kappa shape index (κ1) is 21.4. The Kier molecular flexibility index (Phi) is 5.88. The van der Waals surface area contributed by atoms with Gasteiger partial charge in [0.2, 0.25) is 0 Å². The summed E-state index contributed by atoms with van der Waals surface area (Å²) < 4.78 is 2.18. The van der Waals surface area contributed by atoms with Gasteiger partial charge >= 0.3 is 0 Å². The first-order valence-electron chi connectivity index (χ1n) is 11.8. The van der Waals surface area contributed by atoms with Gasteiger partial charge in [0.1, 0.15) is 11.5 Å². The van der Waals surface area contributed by atoms with Crippen LogP contribution in [-0.4, -0.2) is 69.5 Å². The quantitative estimate of drug-likeness (QED) is 0.681. The van der Waals surface area contributed by atoms with Crippen molar-refractivity contribution in [3.8, 4) is 0 Å². The maximum atomic E-state index is 10.5. The first-order valence-corrected chi connectivity index (χ1v) is 11.8. The maximum Gasteiger partial charge on any atom is 0.138 e. The van der Waals surface area contributed by atoms with E-state index >= 15 is 0 Å². The number of piperazine rings is 1. The lowest BCUT2D eigenvalue weighted by Gasteiger charge is -2.39. The van der Waals surface area contributed by atoms with Crippen molar-refractivity contribution in [1.82, 2.24) is 24.2 Å². The highest BCUT2D eigenvalue weighted by Crippen LogP contribution is 2.41. The van der Waals surface area contributed by atoms with Crippen LogP contribution >= 0.6 is 0 Å². The molecule has 2 saturated heterocycles. The lowest BCUT2D eigenvalue weighted by molar-refractivity contribution is 0.107. The van der Waals surface area contributed by atoms with Crippen LogP contribution in [-0.2, 0) is 6.61 Å². The second kappa shape index (κ2) is 8.81. The summed E-state index contributed by atoms with van der Waals surface area (Å²) in [5.74, 6) is 1.13. The summed E-state index contributed by atoms with van der Waals surface area (Å²) in [6.45, 7) is 6.19. The smallest absolute Gasteiger partial charge is 0.138 e. The van der Waals surface area contributed by atoms with E-state index in [1.165, 1.54) is 5.56 Å². The van der Waals surface area contributed by atoms with Crippen LogP contribution in [0.15, 0.2) is 36.5 Å². The highest BCUT2D eigenvalue weighted by atomic mass is 16.3. The van der Waals surface area contributed by atoms with Gasteiger partial charge in [0.25, 0.3) is 0 Å².